The summed E-state index contributed by atoms with van der Waals surface area (Å²) in [5, 5.41) is 2.93. The van der Waals surface area contributed by atoms with Gasteiger partial charge in [0.25, 0.3) is 5.91 Å². The number of halogens is 2. The number of anilines is 1. The smallest absolute Gasteiger partial charge is 0.266 e. The average molecular weight is 462 g/mol. The van der Waals surface area contributed by atoms with Gasteiger partial charge < -0.3 is 4.90 Å². The predicted molar refractivity (Wildman–Crippen MR) is 125 cm³/mol. The highest BCUT2D eigenvalue weighted by atomic mass is 35.5. The number of carbonyl (C=O) groups is 1. The van der Waals surface area contributed by atoms with E-state index in [0.717, 1.165) is 15.6 Å². The molecule has 2 aromatic rings. The molecular weight excluding hydrogens is 445 g/mol. The summed E-state index contributed by atoms with van der Waals surface area (Å²) in [6, 6.07) is 13.2. The van der Waals surface area contributed by atoms with E-state index in [1.54, 1.807) is 22.7 Å². The zero-order chi connectivity index (χ0) is 20.5. The minimum atomic E-state index is -0.0497. The first-order chi connectivity index (χ1) is 14.0. The van der Waals surface area contributed by atoms with Crippen LogP contribution in [0.5, 0.6) is 0 Å². The number of aliphatic imine (C=N–C) groups is 1. The number of benzene rings is 2. The number of carbonyl (C=O) groups excluding carboxylic acids is 1. The van der Waals surface area contributed by atoms with Crippen LogP contribution in [0.2, 0.25) is 10.0 Å². The van der Waals surface area contributed by atoms with Crippen LogP contribution in [0.1, 0.15) is 6.92 Å². The Hall–Kier alpha value is -1.86. The van der Waals surface area contributed by atoms with Crippen molar-refractivity contribution in [2.24, 2.45) is 4.99 Å². The van der Waals surface area contributed by atoms with Crippen molar-refractivity contribution >= 4 is 69.2 Å². The summed E-state index contributed by atoms with van der Waals surface area (Å²) < 4.78 is 0. The van der Waals surface area contributed by atoms with Gasteiger partial charge in [-0.2, -0.15) is 0 Å². The molecule has 0 bridgehead atoms. The van der Waals surface area contributed by atoms with E-state index >= 15 is 0 Å². The molecule has 8 heteroatoms. The van der Waals surface area contributed by atoms with Crippen molar-refractivity contribution < 1.29 is 4.79 Å². The summed E-state index contributed by atoms with van der Waals surface area (Å²) in [7, 11) is 1.99. The maximum Gasteiger partial charge on any atom is 0.266 e. The van der Waals surface area contributed by atoms with E-state index < -0.39 is 0 Å². The SMILES string of the molecule is CCN1C(=O)C(=CC=C2Sc3ccc(Cl)cc3N2C)SC1=Nc1ccccc1Cl. The summed E-state index contributed by atoms with van der Waals surface area (Å²) in [6.07, 6.45) is 3.82. The third kappa shape index (κ3) is 4.08. The van der Waals surface area contributed by atoms with Crippen LogP contribution in [-0.4, -0.2) is 29.6 Å². The molecule has 2 heterocycles. The molecule has 0 N–H and O–H groups in total. The molecule has 0 radical (unpaired) electrons. The van der Waals surface area contributed by atoms with Gasteiger partial charge in [-0.3, -0.25) is 9.69 Å². The summed E-state index contributed by atoms with van der Waals surface area (Å²) in [5.74, 6) is -0.0497. The molecule has 0 spiro atoms. The lowest BCUT2D eigenvalue weighted by molar-refractivity contribution is -0.122. The zero-order valence-corrected chi connectivity index (χ0v) is 18.9. The number of hydrogen-bond acceptors (Lipinski definition) is 5. The third-order valence-electron chi connectivity index (χ3n) is 4.48. The summed E-state index contributed by atoms with van der Waals surface area (Å²) in [4.78, 5) is 22.9. The second-order valence-electron chi connectivity index (χ2n) is 6.31. The molecule has 2 aliphatic heterocycles. The first-order valence-electron chi connectivity index (χ1n) is 8.94. The fourth-order valence-electron chi connectivity index (χ4n) is 2.96. The van der Waals surface area contributed by atoms with E-state index in [9.17, 15) is 4.79 Å². The van der Waals surface area contributed by atoms with Crippen molar-refractivity contribution in [2.45, 2.75) is 11.8 Å². The van der Waals surface area contributed by atoms with E-state index in [-0.39, 0.29) is 5.91 Å². The lowest BCUT2D eigenvalue weighted by Gasteiger charge is -2.13. The molecule has 0 aliphatic carbocycles. The molecule has 0 atom stereocenters. The lowest BCUT2D eigenvalue weighted by Crippen LogP contribution is -2.28. The Morgan fingerprint density at radius 3 is 2.66 bits per heavy atom. The number of fused-ring (bicyclic) bond motifs is 1. The number of allylic oxidation sites excluding steroid dienone is 2. The van der Waals surface area contributed by atoms with Crippen LogP contribution >= 0.6 is 46.7 Å². The zero-order valence-electron chi connectivity index (χ0n) is 15.7. The Morgan fingerprint density at radius 2 is 1.90 bits per heavy atom. The average Bonchev–Trinajstić information content (AvgIpc) is 3.18. The highest BCUT2D eigenvalue weighted by Gasteiger charge is 2.32. The van der Waals surface area contributed by atoms with Crippen molar-refractivity contribution in [3.8, 4) is 0 Å². The third-order valence-corrected chi connectivity index (χ3v) is 7.24. The van der Waals surface area contributed by atoms with E-state index in [2.05, 4.69) is 9.89 Å². The molecule has 29 heavy (non-hydrogen) atoms. The van der Waals surface area contributed by atoms with Crippen molar-refractivity contribution in [3.63, 3.8) is 0 Å². The molecule has 0 aromatic heterocycles. The van der Waals surface area contributed by atoms with Crippen molar-refractivity contribution in [2.75, 3.05) is 18.5 Å². The number of rotatable bonds is 3. The van der Waals surface area contributed by atoms with E-state index in [1.165, 1.54) is 11.8 Å². The topological polar surface area (TPSA) is 35.9 Å². The van der Waals surface area contributed by atoms with Crippen LogP contribution in [0.4, 0.5) is 11.4 Å². The number of likely N-dealkylation sites (N-methyl/N-ethyl adjacent to an activating group) is 1. The predicted octanol–water partition coefficient (Wildman–Crippen LogP) is 6.54. The number of amides is 1. The number of hydrogen-bond donors (Lipinski definition) is 0. The monoisotopic (exact) mass is 461 g/mol. The Bertz CT molecular complexity index is 1080. The van der Waals surface area contributed by atoms with Gasteiger partial charge in [-0.1, -0.05) is 47.1 Å². The molecule has 148 valence electrons. The number of para-hydroxylation sites is 1. The van der Waals surface area contributed by atoms with Crippen LogP contribution in [0, 0.1) is 0 Å². The lowest BCUT2D eigenvalue weighted by atomic mass is 10.3. The Kier molecular flexibility index (Phi) is 5.97. The fourth-order valence-corrected chi connectivity index (χ4v) is 5.34. The van der Waals surface area contributed by atoms with Gasteiger partial charge in [0.15, 0.2) is 5.17 Å². The molecule has 4 rings (SSSR count). The maximum atomic E-state index is 12.8. The maximum absolute atomic E-state index is 12.8. The van der Waals surface area contributed by atoms with E-state index in [0.29, 0.717) is 32.4 Å². The van der Waals surface area contributed by atoms with Crippen LogP contribution in [-0.2, 0) is 4.79 Å². The quantitative estimate of drug-likeness (QED) is 0.485. The van der Waals surface area contributed by atoms with Gasteiger partial charge in [-0.05, 0) is 61.2 Å². The van der Waals surface area contributed by atoms with Gasteiger partial charge >= 0.3 is 0 Å². The van der Waals surface area contributed by atoms with Gasteiger partial charge in [-0.15, -0.1) is 0 Å². The molecular formula is C21H17Cl2N3OS2. The molecule has 2 aromatic carbocycles. The molecule has 4 nitrogen and oxygen atoms in total. The van der Waals surface area contributed by atoms with Crippen molar-refractivity contribution in [1.29, 1.82) is 0 Å². The number of thioether (sulfide) groups is 2. The molecule has 1 fully saturated rings. The first-order valence-corrected chi connectivity index (χ1v) is 11.3. The van der Waals surface area contributed by atoms with Crippen LogP contribution < -0.4 is 4.90 Å². The minimum absolute atomic E-state index is 0.0497. The molecule has 1 saturated heterocycles. The summed E-state index contributed by atoms with van der Waals surface area (Å²) in [5.41, 5.74) is 1.72. The molecule has 1 amide bonds. The first kappa shape index (κ1) is 20.4. The normalized spacial score (nSPS) is 20.4. The highest BCUT2D eigenvalue weighted by Crippen LogP contribution is 2.46. The summed E-state index contributed by atoms with van der Waals surface area (Å²) in [6.45, 7) is 2.48. The highest BCUT2D eigenvalue weighted by molar-refractivity contribution is 8.18. The van der Waals surface area contributed by atoms with Crippen LogP contribution in [0.3, 0.4) is 0 Å². The van der Waals surface area contributed by atoms with Crippen LogP contribution in [0.15, 0.2) is 74.4 Å². The van der Waals surface area contributed by atoms with Gasteiger partial charge in [0.05, 0.1) is 26.3 Å². The minimum Gasteiger partial charge on any atom is -0.338 e. The van der Waals surface area contributed by atoms with Gasteiger partial charge in [-0.25, -0.2) is 4.99 Å². The van der Waals surface area contributed by atoms with Gasteiger partial charge in [0, 0.05) is 23.5 Å². The Balaban J connectivity index is 1.61. The Labute approximate surface area is 188 Å². The van der Waals surface area contributed by atoms with Crippen molar-refractivity contribution in [3.05, 3.63) is 74.6 Å². The standard InChI is InChI=1S/C21H17Cl2N3OS2/c1-3-26-20(27)18(29-21(26)24-15-7-5-4-6-14(15)23)10-11-19-25(2)16-12-13(22)8-9-17(16)28-19/h4-12H,3H2,1-2H3. The number of amidine groups is 1. The molecule has 0 saturated carbocycles. The molecule has 0 unspecified atom stereocenters. The fraction of sp³-hybridized carbons (Fsp3) is 0.143. The summed E-state index contributed by atoms with van der Waals surface area (Å²) >= 11 is 15.4. The second kappa shape index (κ2) is 8.48. The van der Waals surface area contributed by atoms with Crippen molar-refractivity contribution in [1.82, 2.24) is 4.90 Å². The van der Waals surface area contributed by atoms with Gasteiger partial charge in [0.1, 0.15) is 0 Å². The molecule has 2 aliphatic rings. The number of nitrogens with zero attached hydrogens (tertiary/aromatic N) is 3. The van der Waals surface area contributed by atoms with Gasteiger partial charge in [0.2, 0.25) is 0 Å². The van der Waals surface area contributed by atoms with E-state index in [1.807, 2.05) is 62.5 Å². The second-order valence-corrected chi connectivity index (χ2v) is 9.22. The van der Waals surface area contributed by atoms with Crippen LogP contribution in [0.25, 0.3) is 0 Å². The Morgan fingerprint density at radius 1 is 1.10 bits per heavy atom. The largest absolute Gasteiger partial charge is 0.338 e. The van der Waals surface area contributed by atoms with E-state index in [4.69, 9.17) is 23.2 Å².